The molecule has 2 aromatic carbocycles. The standard InChI is InChI=1S/C22H24N.C19H36O2.Ir/c1-5-17(6-2)18-7-8-21-19(14-18)9-10-23-22(21)20-12-15(3)11-16(4)13-20;1-16(2,3)12-18(7,8)14(20)11-15(21)19(9,10)13-17(4,5)6;/h7-12,14,17H,5-6H2,1-4H3;11,20H,12-13H2,1-10H3;/q-1;;/b;14-11-;. The Labute approximate surface area is 289 Å². The van der Waals surface area contributed by atoms with Gasteiger partial charge in [0.05, 0.1) is 0 Å². The maximum Gasteiger partial charge on any atom is 0.164 e. The van der Waals surface area contributed by atoms with Crippen molar-refractivity contribution in [1.82, 2.24) is 4.98 Å². The van der Waals surface area contributed by atoms with Gasteiger partial charge < -0.3 is 10.1 Å². The van der Waals surface area contributed by atoms with Crippen molar-refractivity contribution in [3.63, 3.8) is 0 Å². The second-order valence-corrected chi connectivity index (χ2v) is 16.5. The molecule has 3 aromatic rings. The van der Waals surface area contributed by atoms with Crippen molar-refractivity contribution in [2.75, 3.05) is 0 Å². The molecule has 0 aliphatic rings. The summed E-state index contributed by atoms with van der Waals surface area (Å²) in [6.07, 6.45) is 7.37. The van der Waals surface area contributed by atoms with Crippen LogP contribution in [0.25, 0.3) is 22.0 Å². The quantitative estimate of drug-likeness (QED) is 0.133. The first-order valence-electron chi connectivity index (χ1n) is 16.4. The number of hydrogen-bond donors (Lipinski definition) is 1. The number of hydrogen-bond acceptors (Lipinski definition) is 3. The van der Waals surface area contributed by atoms with Gasteiger partial charge in [0.25, 0.3) is 0 Å². The van der Waals surface area contributed by atoms with Gasteiger partial charge in [0.15, 0.2) is 5.78 Å². The van der Waals surface area contributed by atoms with Crippen LogP contribution >= 0.6 is 0 Å². The predicted molar refractivity (Wildman–Crippen MR) is 190 cm³/mol. The average Bonchev–Trinajstić information content (AvgIpc) is 2.86. The molecular formula is C41H60IrNO2-. The van der Waals surface area contributed by atoms with Crippen molar-refractivity contribution in [3.05, 3.63) is 77.2 Å². The summed E-state index contributed by atoms with van der Waals surface area (Å²) in [7, 11) is 0. The fourth-order valence-corrected chi connectivity index (χ4v) is 6.79. The SMILES string of the molecule is CC(C)(C)CC(C)(C)C(=O)/C=C(\O)C(C)(C)CC(C)(C)C.CCC(CC)c1ccc2c(-c3[c-]c(C)cc(C)c3)nccc2c1.[Ir]. The molecule has 0 aliphatic carbocycles. The maximum atomic E-state index is 12.5. The topological polar surface area (TPSA) is 50.2 Å². The molecule has 1 heterocycles. The second kappa shape index (κ2) is 16.0. The minimum Gasteiger partial charge on any atom is -0.512 e. The first-order valence-corrected chi connectivity index (χ1v) is 16.4. The van der Waals surface area contributed by atoms with E-state index in [1.54, 1.807) is 0 Å². The molecule has 45 heavy (non-hydrogen) atoms. The summed E-state index contributed by atoms with van der Waals surface area (Å²) in [5, 5.41) is 12.9. The predicted octanol–water partition coefficient (Wildman–Crippen LogP) is 12.1. The van der Waals surface area contributed by atoms with Crippen LogP contribution in [0, 0.1) is 41.6 Å². The Kier molecular flexibility index (Phi) is 14.5. The summed E-state index contributed by atoms with van der Waals surface area (Å²) in [5.74, 6) is 0.852. The van der Waals surface area contributed by atoms with Crippen molar-refractivity contribution < 1.29 is 30.0 Å². The van der Waals surface area contributed by atoms with E-state index in [0.29, 0.717) is 5.92 Å². The number of nitrogens with zero attached hydrogens (tertiary/aromatic N) is 1. The summed E-state index contributed by atoms with van der Waals surface area (Å²) in [4.78, 5) is 17.2. The molecule has 0 bridgehead atoms. The minimum absolute atomic E-state index is 0. The van der Waals surface area contributed by atoms with Crippen LogP contribution in [-0.2, 0) is 24.9 Å². The number of aromatic nitrogens is 1. The van der Waals surface area contributed by atoms with Crippen molar-refractivity contribution in [2.45, 2.75) is 129 Å². The average molecular weight is 791 g/mol. The molecule has 0 fully saturated rings. The van der Waals surface area contributed by atoms with Crippen LogP contribution in [0.4, 0.5) is 0 Å². The Morgan fingerprint density at radius 2 is 1.40 bits per heavy atom. The van der Waals surface area contributed by atoms with Crippen molar-refractivity contribution in [3.8, 4) is 11.3 Å². The zero-order valence-corrected chi connectivity index (χ0v) is 33.1. The molecule has 4 heteroatoms. The smallest absolute Gasteiger partial charge is 0.164 e. The first-order chi connectivity index (χ1) is 20.1. The third-order valence-corrected chi connectivity index (χ3v) is 8.22. The molecule has 1 N–H and O–H groups in total. The van der Waals surface area contributed by atoms with E-state index in [2.05, 4.69) is 117 Å². The van der Waals surface area contributed by atoms with Gasteiger partial charge in [0, 0.05) is 43.2 Å². The van der Waals surface area contributed by atoms with Crippen LogP contribution in [0.5, 0.6) is 0 Å². The van der Waals surface area contributed by atoms with E-state index < -0.39 is 5.41 Å². The Balaban J connectivity index is 0.000000443. The van der Waals surface area contributed by atoms with Crippen LogP contribution in [0.2, 0.25) is 0 Å². The van der Waals surface area contributed by atoms with Gasteiger partial charge in [-0.1, -0.05) is 115 Å². The van der Waals surface area contributed by atoms with E-state index in [1.807, 2.05) is 33.9 Å². The summed E-state index contributed by atoms with van der Waals surface area (Å²) in [6, 6.07) is 16.7. The molecule has 0 unspecified atom stereocenters. The molecule has 3 nitrogen and oxygen atoms in total. The number of ketones is 1. The number of aryl methyl sites for hydroxylation is 2. The Bertz CT molecular complexity index is 1430. The minimum atomic E-state index is -0.454. The van der Waals surface area contributed by atoms with E-state index >= 15 is 0 Å². The second-order valence-electron chi connectivity index (χ2n) is 16.5. The van der Waals surface area contributed by atoms with Crippen LogP contribution in [0.3, 0.4) is 0 Å². The van der Waals surface area contributed by atoms with Crippen molar-refractivity contribution >= 4 is 16.6 Å². The van der Waals surface area contributed by atoms with Gasteiger partial charge in [-0.3, -0.25) is 4.79 Å². The number of allylic oxidation sites excluding steroid dienone is 2. The Morgan fingerprint density at radius 3 is 1.91 bits per heavy atom. The Hall–Kier alpha value is -2.29. The first kappa shape index (κ1) is 40.7. The van der Waals surface area contributed by atoms with E-state index in [1.165, 1.54) is 40.8 Å². The van der Waals surface area contributed by atoms with Gasteiger partial charge in [-0.15, -0.1) is 34.9 Å². The third-order valence-electron chi connectivity index (χ3n) is 8.22. The van der Waals surface area contributed by atoms with E-state index in [9.17, 15) is 9.90 Å². The zero-order chi connectivity index (χ0) is 33.7. The van der Waals surface area contributed by atoms with E-state index in [4.69, 9.17) is 0 Å². The van der Waals surface area contributed by atoms with Crippen LogP contribution in [-0.4, -0.2) is 15.9 Å². The van der Waals surface area contributed by atoms with Gasteiger partial charge in [0.1, 0.15) is 5.76 Å². The van der Waals surface area contributed by atoms with Crippen molar-refractivity contribution in [1.29, 1.82) is 0 Å². The molecule has 1 radical (unpaired) electrons. The van der Waals surface area contributed by atoms with Gasteiger partial charge >= 0.3 is 0 Å². The van der Waals surface area contributed by atoms with Gasteiger partial charge in [-0.25, -0.2) is 0 Å². The summed E-state index contributed by atoms with van der Waals surface area (Å²) in [5.41, 5.74) is 5.32. The number of carbonyl (C=O) groups is 1. The molecule has 1 aromatic heterocycles. The molecular weight excluding hydrogens is 731 g/mol. The van der Waals surface area contributed by atoms with Crippen LogP contribution in [0.15, 0.2) is 54.4 Å². The summed E-state index contributed by atoms with van der Waals surface area (Å²) in [6.45, 7) is 29.5. The number of rotatable bonds is 9. The number of aliphatic hydroxyl groups excluding tert-OH is 1. The fraction of sp³-hybridized carbons (Fsp3) is 0.561. The van der Waals surface area contributed by atoms with E-state index in [0.717, 1.165) is 29.7 Å². The Morgan fingerprint density at radius 1 is 0.844 bits per heavy atom. The molecule has 0 atom stereocenters. The number of aliphatic hydroxyl groups is 1. The van der Waals surface area contributed by atoms with Gasteiger partial charge in [-0.2, -0.15) is 0 Å². The normalized spacial score (nSPS) is 12.9. The molecule has 0 spiro atoms. The number of carbonyl (C=O) groups excluding carboxylic acids is 1. The molecule has 251 valence electrons. The molecule has 0 saturated heterocycles. The van der Waals surface area contributed by atoms with Gasteiger partial charge in [0.2, 0.25) is 0 Å². The summed E-state index contributed by atoms with van der Waals surface area (Å²) < 4.78 is 0. The number of pyridine rings is 1. The van der Waals surface area contributed by atoms with Crippen molar-refractivity contribution in [2.24, 2.45) is 21.7 Å². The largest absolute Gasteiger partial charge is 0.512 e. The van der Waals surface area contributed by atoms with Gasteiger partial charge in [-0.05, 0) is 70.5 Å². The molecule has 3 rings (SSSR count). The summed E-state index contributed by atoms with van der Waals surface area (Å²) >= 11 is 0. The fourth-order valence-electron chi connectivity index (χ4n) is 6.79. The van der Waals surface area contributed by atoms with E-state index in [-0.39, 0.29) is 47.9 Å². The van der Waals surface area contributed by atoms with Crippen LogP contribution in [0.1, 0.15) is 131 Å². The number of fused-ring (bicyclic) bond motifs is 1. The maximum absolute atomic E-state index is 12.5. The monoisotopic (exact) mass is 791 g/mol. The number of benzene rings is 2. The molecule has 0 aliphatic heterocycles. The molecule has 0 saturated carbocycles. The zero-order valence-electron chi connectivity index (χ0n) is 30.7. The third kappa shape index (κ3) is 12.4. The molecule has 0 amide bonds. The van der Waals surface area contributed by atoms with Crippen LogP contribution < -0.4 is 0 Å².